The van der Waals surface area contributed by atoms with Gasteiger partial charge in [0, 0.05) is 11.6 Å². The normalized spacial score (nSPS) is 10.3. The van der Waals surface area contributed by atoms with Gasteiger partial charge in [0.05, 0.1) is 4.92 Å². The van der Waals surface area contributed by atoms with E-state index in [1.165, 1.54) is 5.56 Å². The highest BCUT2D eigenvalue weighted by molar-refractivity contribution is 7.07. The van der Waals surface area contributed by atoms with Crippen LogP contribution in [-0.2, 0) is 6.42 Å². The maximum absolute atomic E-state index is 10.7. The molecule has 2 aromatic rings. The Morgan fingerprint density at radius 1 is 1.31 bits per heavy atom. The Labute approximate surface area is 97.5 Å². The van der Waals surface area contributed by atoms with Crippen LogP contribution in [0.5, 0.6) is 0 Å². The minimum absolute atomic E-state index is 0.189. The molecule has 0 fully saturated rings. The number of hydrogen-bond acceptors (Lipinski definition) is 3. The average molecular weight is 233 g/mol. The third-order valence-corrected chi connectivity index (χ3v) is 3.18. The summed E-state index contributed by atoms with van der Waals surface area (Å²) in [7, 11) is 0. The van der Waals surface area contributed by atoms with Crippen molar-refractivity contribution in [2.45, 2.75) is 13.3 Å². The Hall–Kier alpha value is -1.68. The molecule has 1 aromatic carbocycles. The summed E-state index contributed by atoms with van der Waals surface area (Å²) in [5, 5.41) is 14.8. The zero-order valence-corrected chi connectivity index (χ0v) is 9.66. The molecule has 0 aliphatic carbocycles. The first-order valence-corrected chi connectivity index (χ1v) is 5.86. The zero-order chi connectivity index (χ0) is 11.5. The summed E-state index contributed by atoms with van der Waals surface area (Å²) in [6.45, 7) is 1.77. The van der Waals surface area contributed by atoms with Gasteiger partial charge in [0.15, 0.2) is 0 Å². The predicted octanol–water partition coefficient (Wildman–Crippen LogP) is 3.56. The molecule has 82 valence electrons. The van der Waals surface area contributed by atoms with Crippen LogP contribution in [0.2, 0.25) is 0 Å². The van der Waals surface area contributed by atoms with Crippen LogP contribution >= 0.6 is 11.3 Å². The molecule has 16 heavy (non-hydrogen) atoms. The van der Waals surface area contributed by atoms with Crippen LogP contribution in [0.4, 0.5) is 5.69 Å². The molecule has 0 radical (unpaired) electrons. The number of nitro benzene ring substituents is 1. The molecular weight excluding hydrogens is 222 g/mol. The molecule has 2 rings (SSSR count). The molecule has 0 aliphatic heterocycles. The van der Waals surface area contributed by atoms with Crippen molar-refractivity contribution in [2.75, 3.05) is 0 Å². The van der Waals surface area contributed by atoms with Crippen molar-refractivity contribution in [3.8, 4) is 0 Å². The standard InChI is InChI=1S/C12H11NO2S/c1-9-6-10(2-3-12(9)13(14)15)7-11-4-5-16-8-11/h2-6,8H,7H2,1H3. The second-order valence-electron chi connectivity index (χ2n) is 3.69. The topological polar surface area (TPSA) is 43.1 Å². The molecule has 3 nitrogen and oxygen atoms in total. The molecule has 0 atom stereocenters. The van der Waals surface area contributed by atoms with Crippen molar-refractivity contribution in [3.05, 3.63) is 61.8 Å². The van der Waals surface area contributed by atoms with Crippen molar-refractivity contribution >= 4 is 17.0 Å². The number of benzene rings is 1. The lowest BCUT2D eigenvalue weighted by molar-refractivity contribution is -0.385. The Balaban J connectivity index is 2.24. The Morgan fingerprint density at radius 2 is 2.12 bits per heavy atom. The second kappa shape index (κ2) is 4.45. The van der Waals surface area contributed by atoms with Gasteiger partial charge in [-0.3, -0.25) is 10.1 Å². The molecule has 1 heterocycles. The van der Waals surface area contributed by atoms with Crippen LogP contribution < -0.4 is 0 Å². The average Bonchev–Trinajstić information content (AvgIpc) is 2.70. The zero-order valence-electron chi connectivity index (χ0n) is 8.84. The number of rotatable bonds is 3. The van der Waals surface area contributed by atoms with E-state index in [2.05, 4.69) is 11.4 Å². The monoisotopic (exact) mass is 233 g/mol. The summed E-state index contributed by atoms with van der Waals surface area (Å²) in [6, 6.07) is 7.36. The first kappa shape index (κ1) is 10.8. The summed E-state index contributed by atoms with van der Waals surface area (Å²) in [5.74, 6) is 0. The Kier molecular flexibility index (Phi) is 3.01. The maximum atomic E-state index is 10.7. The highest BCUT2D eigenvalue weighted by Gasteiger charge is 2.10. The van der Waals surface area contributed by atoms with Gasteiger partial charge in [-0.05, 0) is 47.4 Å². The van der Waals surface area contributed by atoms with Gasteiger partial charge in [-0.2, -0.15) is 11.3 Å². The van der Waals surface area contributed by atoms with E-state index in [-0.39, 0.29) is 10.6 Å². The lowest BCUT2D eigenvalue weighted by atomic mass is 10.0. The fourth-order valence-electron chi connectivity index (χ4n) is 1.66. The van der Waals surface area contributed by atoms with Crippen molar-refractivity contribution in [3.63, 3.8) is 0 Å². The Bertz CT molecular complexity index is 506. The minimum Gasteiger partial charge on any atom is -0.258 e. The molecule has 0 N–H and O–H groups in total. The van der Waals surface area contributed by atoms with E-state index in [4.69, 9.17) is 0 Å². The first-order valence-electron chi connectivity index (χ1n) is 4.92. The minimum atomic E-state index is -0.344. The van der Waals surface area contributed by atoms with Gasteiger partial charge in [-0.1, -0.05) is 6.07 Å². The van der Waals surface area contributed by atoms with Gasteiger partial charge in [0.25, 0.3) is 5.69 Å². The SMILES string of the molecule is Cc1cc(Cc2ccsc2)ccc1[N+](=O)[O-]. The summed E-state index contributed by atoms with van der Waals surface area (Å²) in [6.07, 6.45) is 0.836. The number of nitrogens with zero attached hydrogens (tertiary/aromatic N) is 1. The van der Waals surface area contributed by atoms with E-state index < -0.39 is 0 Å². The van der Waals surface area contributed by atoms with E-state index >= 15 is 0 Å². The van der Waals surface area contributed by atoms with Crippen molar-refractivity contribution in [1.82, 2.24) is 0 Å². The summed E-state index contributed by atoms with van der Waals surface area (Å²) < 4.78 is 0. The van der Waals surface area contributed by atoms with Crippen LogP contribution in [0.15, 0.2) is 35.0 Å². The highest BCUT2D eigenvalue weighted by Crippen LogP contribution is 2.21. The number of thiophene rings is 1. The molecule has 0 aliphatic rings. The van der Waals surface area contributed by atoms with Gasteiger partial charge in [0.2, 0.25) is 0 Å². The largest absolute Gasteiger partial charge is 0.272 e. The van der Waals surface area contributed by atoms with Gasteiger partial charge < -0.3 is 0 Å². The van der Waals surface area contributed by atoms with E-state index in [0.717, 1.165) is 17.5 Å². The van der Waals surface area contributed by atoms with Crippen molar-refractivity contribution in [2.24, 2.45) is 0 Å². The lowest BCUT2D eigenvalue weighted by Gasteiger charge is -2.02. The molecule has 0 spiro atoms. The first-order chi connectivity index (χ1) is 7.66. The molecule has 0 saturated heterocycles. The van der Waals surface area contributed by atoms with Gasteiger partial charge in [-0.25, -0.2) is 0 Å². The number of aryl methyl sites for hydroxylation is 1. The van der Waals surface area contributed by atoms with E-state index in [0.29, 0.717) is 0 Å². The predicted molar refractivity (Wildman–Crippen MR) is 65.0 cm³/mol. The number of nitro groups is 1. The van der Waals surface area contributed by atoms with Gasteiger partial charge in [-0.15, -0.1) is 0 Å². The van der Waals surface area contributed by atoms with E-state index in [1.807, 2.05) is 17.5 Å². The molecule has 0 amide bonds. The van der Waals surface area contributed by atoms with E-state index in [9.17, 15) is 10.1 Å². The van der Waals surface area contributed by atoms with Crippen LogP contribution in [0.3, 0.4) is 0 Å². The van der Waals surface area contributed by atoms with Crippen LogP contribution in [0.25, 0.3) is 0 Å². The number of hydrogen-bond donors (Lipinski definition) is 0. The van der Waals surface area contributed by atoms with Crippen LogP contribution in [0.1, 0.15) is 16.7 Å². The van der Waals surface area contributed by atoms with Crippen LogP contribution in [-0.4, -0.2) is 4.92 Å². The molecular formula is C12H11NO2S. The molecule has 1 aromatic heterocycles. The Morgan fingerprint density at radius 3 is 2.69 bits per heavy atom. The lowest BCUT2D eigenvalue weighted by Crippen LogP contribution is -1.93. The molecule has 0 unspecified atom stereocenters. The van der Waals surface area contributed by atoms with Crippen molar-refractivity contribution < 1.29 is 4.92 Å². The fourth-order valence-corrected chi connectivity index (χ4v) is 2.33. The summed E-state index contributed by atoms with van der Waals surface area (Å²) >= 11 is 1.66. The van der Waals surface area contributed by atoms with Gasteiger partial charge >= 0.3 is 0 Å². The maximum Gasteiger partial charge on any atom is 0.272 e. The third kappa shape index (κ3) is 2.28. The molecule has 4 heteroatoms. The second-order valence-corrected chi connectivity index (χ2v) is 4.47. The fraction of sp³-hybridized carbons (Fsp3) is 0.167. The third-order valence-electron chi connectivity index (χ3n) is 2.45. The van der Waals surface area contributed by atoms with E-state index in [1.54, 1.807) is 24.3 Å². The molecule has 0 bridgehead atoms. The molecule has 0 saturated carbocycles. The summed E-state index contributed by atoms with van der Waals surface area (Å²) in [5.41, 5.74) is 3.27. The van der Waals surface area contributed by atoms with Crippen LogP contribution in [0, 0.1) is 17.0 Å². The van der Waals surface area contributed by atoms with Crippen molar-refractivity contribution in [1.29, 1.82) is 0 Å². The smallest absolute Gasteiger partial charge is 0.258 e. The quantitative estimate of drug-likeness (QED) is 0.601. The van der Waals surface area contributed by atoms with Gasteiger partial charge in [0.1, 0.15) is 0 Å². The highest BCUT2D eigenvalue weighted by atomic mass is 32.1. The summed E-state index contributed by atoms with van der Waals surface area (Å²) in [4.78, 5) is 10.3.